The smallest absolute Gasteiger partial charge is 0.304 e. The number of hydrogen-bond acceptors (Lipinski definition) is 7. The van der Waals surface area contributed by atoms with Crippen molar-refractivity contribution in [1.29, 1.82) is 0 Å². The van der Waals surface area contributed by atoms with Crippen LogP contribution in [0.15, 0.2) is 54.6 Å². The van der Waals surface area contributed by atoms with Gasteiger partial charge in [0.25, 0.3) is 0 Å². The minimum atomic E-state index is -0.775. The summed E-state index contributed by atoms with van der Waals surface area (Å²) in [4.78, 5) is 36.8. The van der Waals surface area contributed by atoms with Gasteiger partial charge in [-0.15, -0.1) is 0 Å². The summed E-state index contributed by atoms with van der Waals surface area (Å²) in [6.07, 6.45) is 0. The normalized spacial score (nSPS) is 12.3. The number of nitro benzene ring substituents is 1. The second-order valence-electron chi connectivity index (χ2n) is 6.18. The Balaban J connectivity index is 1.94. The number of phenols is 2. The van der Waals surface area contributed by atoms with Gasteiger partial charge < -0.3 is 15.5 Å². The van der Waals surface area contributed by atoms with Crippen LogP contribution in [0.25, 0.3) is 0 Å². The standard InChI is InChI=1S/C20H12N2O6/c23-15-8-12-13(9-16(15)24)20(26)17-11(19(12)25)6-7-14(18(17)22(27)28)21-10-4-2-1-3-5-10/h1-9,21,23-24H. The number of carbonyl (C=O) groups excluding carboxylic acids is 2. The molecule has 0 aromatic heterocycles. The van der Waals surface area contributed by atoms with E-state index in [0.717, 1.165) is 12.1 Å². The predicted octanol–water partition coefficient (Wildman–Crippen LogP) is 3.53. The maximum atomic E-state index is 13.0. The van der Waals surface area contributed by atoms with Gasteiger partial charge in [-0.25, -0.2) is 0 Å². The second-order valence-corrected chi connectivity index (χ2v) is 6.18. The Morgan fingerprint density at radius 3 is 2.04 bits per heavy atom. The summed E-state index contributed by atoms with van der Waals surface area (Å²) in [7, 11) is 0. The molecule has 0 radical (unpaired) electrons. The first-order valence-corrected chi connectivity index (χ1v) is 8.17. The number of rotatable bonds is 3. The average Bonchev–Trinajstić information content (AvgIpc) is 2.68. The lowest BCUT2D eigenvalue weighted by molar-refractivity contribution is -0.384. The molecule has 4 rings (SSSR count). The van der Waals surface area contributed by atoms with Crippen LogP contribution in [0.1, 0.15) is 31.8 Å². The van der Waals surface area contributed by atoms with E-state index in [-0.39, 0.29) is 27.9 Å². The van der Waals surface area contributed by atoms with Gasteiger partial charge in [-0.2, -0.15) is 0 Å². The van der Waals surface area contributed by atoms with E-state index in [1.54, 1.807) is 30.3 Å². The molecule has 0 spiro atoms. The lowest BCUT2D eigenvalue weighted by Crippen LogP contribution is -2.22. The Bertz CT molecular complexity index is 1170. The van der Waals surface area contributed by atoms with E-state index < -0.39 is 33.7 Å². The van der Waals surface area contributed by atoms with E-state index in [4.69, 9.17) is 0 Å². The summed E-state index contributed by atoms with van der Waals surface area (Å²) in [5.74, 6) is -2.57. The molecule has 3 aromatic carbocycles. The summed E-state index contributed by atoms with van der Waals surface area (Å²) in [6.45, 7) is 0. The highest BCUT2D eigenvalue weighted by molar-refractivity contribution is 6.30. The van der Waals surface area contributed by atoms with Gasteiger partial charge in [0.15, 0.2) is 17.3 Å². The molecule has 0 fully saturated rings. The zero-order valence-corrected chi connectivity index (χ0v) is 14.2. The number of anilines is 2. The zero-order chi connectivity index (χ0) is 20.0. The zero-order valence-electron chi connectivity index (χ0n) is 14.2. The van der Waals surface area contributed by atoms with Crippen molar-refractivity contribution in [2.45, 2.75) is 0 Å². The minimum absolute atomic E-state index is 0.0579. The monoisotopic (exact) mass is 376 g/mol. The number of nitro groups is 1. The highest BCUT2D eigenvalue weighted by Crippen LogP contribution is 2.41. The van der Waals surface area contributed by atoms with E-state index >= 15 is 0 Å². The summed E-state index contributed by atoms with van der Waals surface area (Å²) in [6, 6.07) is 13.3. The van der Waals surface area contributed by atoms with Crippen LogP contribution in [0, 0.1) is 10.1 Å². The van der Waals surface area contributed by atoms with Gasteiger partial charge in [0.05, 0.1) is 4.92 Å². The highest BCUT2D eigenvalue weighted by atomic mass is 16.6. The predicted molar refractivity (Wildman–Crippen MR) is 99.5 cm³/mol. The summed E-state index contributed by atoms with van der Waals surface area (Å²) < 4.78 is 0. The van der Waals surface area contributed by atoms with Gasteiger partial charge in [0.1, 0.15) is 11.3 Å². The Kier molecular flexibility index (Phi) is 3.82. The fourth-order valence-corrected chi connectivity index (χ4v) is 3.21. The van der Waals surface area contributed by atoms with Crippen LogP contribution in [0.4, 0.5) is 17.1 Å². The number of phenolic OH excluding ortho intramolecular Hbond substituents is 2. The number of ketones is 2. The van der Waals surface area contributed by atoms with Crippen LogP contribution in [-0.2, 0) is 0 Å². The molecule has 3 N–H and O–H groups in total. The second kappa shape index (κ2) is 6.20. The van der Waals surface area contributed by atoms with Gasteiger partial charge in [0, 0.05) is 22.4 Å². The Labute approximate surface area is 157 Å². The molecule has 0 unspecified atom stereocenters. The SMILES string of the molecule is O=C1c2cc(O)c(O)cc2C(=O)c2c1ccc(Nc1ccccc1)c2[N+](=O)[O-]. The number of para-hydroxylation sites is 1. The molecular weight excluding hydrogens is 364 g/mol. The molecule has 0 saturated heterocycles. The molecule has 3 aromatic rings. The Morgan fingerprint density at radius 2 is 1.43 bits per heavy atom. The fraction of sp³-hybridized carbons (Fsp3) is 0. The molecule has 0 aliphatic heterocycles. The Morgan fingerprint density at radius 1 is 0.821 bits per heavy atom. The molecule has 0 atom stereocenters. The third-order valence-electron chi connectivity index (χ3n) is 4.49. The van der Waals surface area contributed by atoms with Crippen LogP contribution >= 0.6 is 0 Å². The van der Waals surface area contributed by atoms with Crippen molar-refractivity contribution in [2.75, 3.05) is 5.32 Å². The van der Waals surface area contributed by atoms with E-state index in [0.29, 0.717) is 5.69 Å². The molecular formula is C20H12N2O6. The number of fused-ring (bicyclic) bond motifs is 2. The molecule has 1 aliphatic carbocycles. The molecule has 0 saturated carbocycles. The first kappa shape index (κ1) is 17.2. The largest absolute Gasteiger partial charge is 0.504 e. The number of nitrogens with one attached hydrogen (secondary N) is 1. The summed E-state index contributed by atoms with van der Waals surface area (Å²) in [5, 5.41) is 34.0. The first-order chi connectivity index (χ1) is 13.4. The van der Waals surface area contributed by atoms with Gasteiger partial charge in [-0.05, 0) is 36.4 Å². The number of carbonyl (C=O) groups is 2. The number of aromatic hydroxyl groups is 2. The van der Waals surface area contributed by atoms with Crippen LogP contribution < -0.4 is 5.32 Å². The molecule has 0 amide bonds. The van der Waals surface area contributed by atoms with E-state index in [1.807, 2.05) is 0 Å². The van der Waals surface area contributed by atoms with Crippen LogP contribution in [0.2, 0.25) is 0 Å². The fourth-order valence-electron chi connectivity index (χ4n) is 3.21. The molecule has 8 nitrogen and oxygen atoms in total. The quantitative estimate of drug-likeness (QED) is 0.283. The third-order valence-corrected chi connectivity index (χ3v) is 4.49. The van der Waals surface area contributed by atoms with Gasteiger partial charge in [-0.1, -0.05) is 18.2 Å². The molecule has 28 heavy (non-hydrogen) atoms. The number of nitrogens with zero attached hydrogens (tertiary/aromatic N) is 1. The molecule has 0 heterocycles. The third kappa shape index (κ3) is 2.55. The Hall–Kier alpha value is -4.20. The van der Waals surface area contributed by atoms with Crippen molar-refractivity contribution >= 4 is 28.6 Å². The van der Waals surface area contributed by atoms with Crippen molar-refractivity contribution in [1.82, 2.24) is 0 Å². The lowest BCUT2D eigenvalue weighted by atomic mass is 9.82. The van der Waals surface area contributed by atoms with Crippen LogP contribution in [-0.4, -0.2) is 26.7 Å². The molecule has 0 bridgehead atoms. The van der Waals surface area contributed by atoms with Crippen molar-refractivity contribution in [3.05, 3.63) is 87.0 Å². The van der Waals surface area contributed by atoms with E-state index in [1.165, 1.54) is 12.1 Å². The maximum absolute atomic E-state index is 13.0. The average molecular weight is 376 g/mol. The molecule has 8 heteroatoms. The molecule has 138 valence electrons. The topological polar surface area (TPSA) is 130 Å². The first-order valence-electron chi connectivity index (χ1n) is 8.17. The van der Waals surface area contributed by atoms with Gasteiger partial charge >= 0.3 is 5.69 Å². The van der Waals surface area contributed by atoms with Crippen LogP contribution in [0.5, 0.6) is 11.5 Å². The van der Waals surface area contributed by atoms with Gasteiger partial charge in [-0.3, -0.25) is 19.7 Å². The minimum Gasteiger partial charge on any atom is -0.504 e. The van der Waals surface area contributed by atoms with Crippen LogP contribution in [0.3, 0.4) is 0 Å². The van der Waals surface area contributed by atoms with E-state index in [9.17, 15) is 29.9 Å². The maximum Gasteiger partial charge on any atom is 0.304 e. The van der Waals surface area contributed by atoms with Crippen molar-refractivity contribution < 1.29 is 24.7 Å². The van der Waals surface area contributed by atoms with Crippen molar-refractivity contribution in [3.8, 4) is 11.5 Å². The number of benzene rings is 3. The van der Waals surface area contributed by atoms with Gasteiger partial charge in [0.2, 0.25) is 5.78 Å². The van der Waals surface area contributed by atoms with E-state index in [2.05, 4.69) is 5.32 Å². The van der Waals surface area contributed by atoms with Crippen molar-refractivity contribution in [2.24, 2.45) is 0 Å². The number of hydrogen-bond donors (Lipinski definition) is 3. The summed E-state index contributed by atoms with van der Waals surface area (Å²) in [5.41, 5.74) is -0.705. The lowest BCUT2D eigenvalue weighted by Gasteiger charge is -2.19. The molecule has 1 aliphatic rings. The van der Waals surface area contributed by atoms with Crippen molar-refractivity contribution in [3.63, 3.8) is 0 Å². The highest BCUT2D eigenvalue weighted by Gasteiger charge is 2.38. The summed E-state index contributed by atoms with van der Waals surface area (Å²) >= 11 is 0.